The first-order valence-electron chi connectivity index (χ1n) is 7.24. The summed E-state index contributed by atoms with van der Waals surface area (Å²) >= 11 is 0. The van der Waals surface area contributed by atoms with Crippen LogP contribution in [-0.4, -0.2) is 23.1 Å². The van der Waals surface area contributed by atoms with Gasteiger partial charge in [0.15, 0.2) is 0 Å². The highest BCUT2D eigenvalue weighted by molar-refractivity contribution is 5.48. The highest BCUT2D eigenvalue weighted by Gasteiger charge is 2.19. The molecule has 1 rings (SSSR count). The van der Waals surface area contributed by atoms with E-state index in [9.17, 15) is 0 Å². The van der Waals surface area contributed by atoms with Crippen molar-refractivity contribution in [3.8, 4) is 0 Å². The van der Waals surface area contributed by atoms with Crippen LogP contribution in [0.1, 0.15) is 59.7 Å². The minimum absolute atomic E-state index is 0.0459. The van der Waals surface area contributed by atoms with Crippen molar-refractivity contribution in [1.82, 2.24) is 9.97 Å². The van der Waals surface area contributed by atoms with Gasteiger partial charge in [0, 0.05) is 24.6 Å². The summed E-state index contributed by atoms with van der Waals surface area (Å²) in [6.45, 7) is 10.8. The maximum atomic E-state index is 4.66. The van der Waals surface area contributed by atoms with E-state index in [1.165, 1.54) is 12.8 Å². The molecule has 0 saturated carbocycles. The van der Waals surface area contributed by atoms with E-state index in [0.717, 1.165) is 23.9 Å². The first-order valence-corrected chi connectivity index (χ1v) is 7.24. The fraction of sp³-hybridized carbons (Fsp3) is 0.733. The molecule has 1 heterocycles. The summed E-state index contributed by atoms with van der Waals surface area (Å²) in [6, 6.07) is 2.46. The maximum Gasteiger partial charge on any atom is 0.138 e. The van der Waals surface area contributed by atoms with Crippen molar-refractivity contribution < 1.29 is 0 Å². The molecule has 108 valence electrons. The highest BCUT2D eigenvalue weighted by atomic mass is 15.1. The predicted molar refractivity (Wildman–Crippen MR) is 82.9 cm³/mol. The normalized spacial score (nSPS) is 13.2. The largest absolute Gasteiger partial charge is 0.373 e. The van der Waals surface area contributed by atoms with E-state index in [-0.39, 0.29) is 5.41 Å². The Balaban J connectivity index is 3.00. The summed E-state index contributed by atoms with van der Waals surface area (Å²) in [5, 5.41) is 6.64. The van der Waals surface area contributed by atoms with Crippen LogP contribution in [0, 0.1) is 0 Å². The molecule has 0 saturated heterocycles. The maximum absolute atomic E-state index is 4.66. The van der Waals surface area contributed by atoms with Gasteiger partial charge in [-0.05, 0) is 12.8 Å². The second-order valence-electron chi connectivity index (χ2n) is 6.00. The number of hydrogen-bond donors (Lipinski definition) is 2. The summed E-state index contributed by atoms with van der Waals surface area (Å²) in [5.74, 6) is 2.66. The van der Waals surface area contributed by atoms with Crippen LogP contribution in [0.4, 0.5) is 11.6 Å². The van der Waals surface area contributed by atoms with Crippen molar-refractivity contribution in [2.45, 2.75) is 65.3 Å². The molecule has 0 aliphatic rings. The van der Waals surface area contributed by atoms with E-state index in [1.807, 2.05) is 13.1 Å². The van der Waals surface area contributed by atoms with Gasteiger partial charge in [0.2, 0.25) is 0 Å². The quantitative estimate of drug-likeness (QED) is 0.820. The Labute approximate surface area is 117 Å². The van der Waals surface area contributed by atoms with Crippen LogP contribution in [0.15, 0.2) is 6.07 Å². The molecule has 0 aromatic carbocycles. The standard InChI is InChI=1S/C15H28N4/c1-7-9-11(8-2)17-13-10-12(16-6)18-14(19-13)15(3,4)5/h10-11H,7-9H2,1-6H3,(H2,16,17,18,19). The van der Waals surface area contributed by atoms with Gasteiger partial charge in [-0.25, -0.2) is 9.97 Å². The van der Waals surface area contributed by atoms with Gasteiger partial charge >= 0.3 is 0 Å². The fourth-order valence-electron chi connectivity index (χ4n) is 1.92. The molecule has 1 atom stereocenters. The van der Waals surface area contributed by atoms with Crippen molar-refractivity contribution in [1.29, 1.82) is 0 Å². The van der Waals surface area contributed by atoms with Gasteiger partial charge in [-0.2, -0.15) is 0 Å². The molecule has 0 aliphatic carbocycles. The molecule has 0 amide bonds. The molecule has 19 heavy (non-hydrogen) atoms. The van der Waals surface area contributed by atoms with Crippen molar-refractivity contribution in [3.05, 3.63) is 11.9 Å². The van der Waals surface area contributed by atoms with E-state index >= 15 is 0 Å². The van der Waals surface area contributed by atoms with E-state index in [0.29, 0.717) is 6.04 Å². The Bertz CT molecular complexity index is 396. The van der Waals surface area contributed by atoms with Crippen molar-refractivity contribution >= 4 is 11.6 Å². The fourth-order valence-corrected chi connectivity index (χ4v) is 1.92. The summed E-state index contributed by atoms with van der Waals surface area (Å²) < 4.78 is 0. The van der Waals surface area contributed by atoms with E-state index in [1.54, 1.807) is 0 Å². The number of anilines is 2. The third-order valence-corrected chi connectivity index (χ3v) is 3.14. The zero-order valence-electron chi connectivity index (χ0n) is 13.2. The molecule has 0 radical (unpaired) electrons. The average Bonchev–Trinajstić information content (AvgIpc) is 2.36. The van der Waals surface area contributed by atoms with Gasteiger partial charge < -0.3 is 10.6 Å². The molecule has 1 unspecified atom stereocenters. The minimum atomic E-state index is -0.0459. The second kappa shape index (κ2) is 6.73. The molecular formula is C15H28N4. The Morgan fingerprint density at radius 2 is 1.79 bits per heavy atom. The molecule has 0 aliphatic heterocycles. The Morgan fingerprint density at radius 1 is 1.16 bits per heavy atom. The van der Waals surface area contributed by atoms with Crippen LogP contribution in [-0.2, 0) is 5.41 Å². The van der Waals surface area contributed by atoms with Gasteiger partial charge in [0.1, 0.15) is 17.5 Å². The third kappa shape index (κ3) is 4.69. The van der Waals surface area contributed by atoms with Gasteiger partial charge in [0.25, 0.3) is 0 Å². The van der Waals surface area contributed by atoms with Crippen molar-refractivity contribution in [3.63, 3.8) is 0 Å². The Kier molecular flexibility index (Phi) is 5.58. The molecule has 0 spiro atoms. The zero-order chi connectivity index (χ0) is 14.5. The van der Waals surface area contributed by atoms with Gasteiger partial charge in [-0.3, -0.25) is 0 Å². The SMILES string of the molecule is CCCC(CC)Nc1cc(NC)nc(C(C)(C)C)n1. The molecule has 2 N–H and O–H groups in total. The smallest absolute Gasteiger partial charge is 0.138 e. The van der Waals surface area contributed by atoms with Crippen LogP contribution in [0.3, 0.4) is 0 Å². The lowest BCUT2D eigenvalue weighted by molar-refractivity contribution is 0.544. The lowest BCUT2D eigenvalue weighted by Gasteiger charge is -2.21. The Hall–Kier alpha value is -1.32. The number of nitrogens with one attached hydrogen (secondary N) is 2. The number of rotatable bonds is 6. The van der Waals surface area contributed by atoms with Crippen LogP contribution in [0.5, 0.6) is 0 Å². The molecule has 1 aromatic rings. The topological polar surface area (TPSA) is 49.8 Å². The van der Waals surface area contributed by atoms with Crippen LogP contribution >= 0.6 is 0 Å². The predicted octanol–water partition coefficient (Wildman–Crippen LogP) is 3.81. The van der Waals surface area contributed by atoms with Crippen LogP contribution < -0.4 is 10.6 Å². The number of hydrogen-bond acceptors (Lipinski definition) is 4. The molecule has 0 fully saturated rings. The third-order valence-electron chi connectivity index (χ3n) is 3.14. The molecule has 4 nitrogen and oxygen atoms in total. The number of aromatic nitrogens is 2. The average molecular weight is 264 g/mol. The van der Waals surface area contributed by atoms with E-state index in [4.69, 9.17) is 0 Å². The highest BCUT2D eigenvalue weighted by Crippen LogP contribution is 2.23. The molecule has 0 bridgehead atoms. The van der Waals surface area contributed by atoms with E-state index in [2.05, 4.69) is 55.2 Å². The van der Waals surface area contributed by atoms with Gasteiger partial charge in [-0.1, -0.05) is 41.0 Å². The van der Waals surface area contributed by atoms with E-state index < -0.39 is 0 Å². The summed E-state index contributed by atoms with van der Waals surface area (Å²) in [6.07, 6.45) is 3.46. The molecule has 1 aromatic heterocycles. The summed E-state index contributed by atoms with van der Waals surface area (Å²) in [5.41, 5.74) is -0.0459. The Morgan fingerprint density at radius 3 is 2.26 bits per heavy atom. The monoisotopic (exact) mass is 264 g/mol. The minimum Gasteiger partial charge on any atom is -0.373 e. The van der Waals surface area contributed by atoms with Gasteiger partial charge in [-0.15, -0.1) is 0 Å². The van der Waals surface area contributed by atoms with Crippen molar-refractivity contribution in [2.24, 2.45) is 0 Å². The van der Waals surface area contributed by atoms with Gasteiger partial charge in [0.05, 0.1) is 0 Å². The number of nitrogens with zero attached hydrogens (tertiary/aromatic N) is 2. The zero-order valence-corrected chi connectivity index (χ0v) is 13.2. The first kappa shape index (κ1) is 15.7. The molecule has 4 heteroatoms. The second-order valence-corrected chi connectivity index (χ2v) is 6.00. The first-order chi connectivity index (χ1) is 8.90. The summed E-state index contributed by atoms with van der Waals surface area (Å²) in [7, 11) is 1.89. The lowest BCUT2D eigenvalue weighted by Crippen LogP contribution is -2.22. The van der Waals surface area contributed by atoms with Crippen LogP contribution in [0.25, 0.3) is 0 Å². The van der Waals surface area contributed by atoms with Crippen molar-refractivity contribution in [2.75, 3.05) is 17.7 Å². The lowest BCUT2D eigenvalue weighted by atomic mass is 9.96. The molecular weight excluding hydrogens is 236 g/mol. The van der Waals surface area contributed by atoms with Crippen LogP contribution in [0.2, 0.25) is 0 Å². The summed E-state index contributed by atoms with van der Waals surface area (Å²) in [4.78, 5) is 9.20.